The Bertz CT molecular complexity index is 1760. The van der Waals surface area contributed by atoms with Crippen LogP contribution in [0.1, 0.15) is 40.1 Å². The molecule has 15 heteroatoms. The number of rotatable bonds is 6. The number of amides is 1. The molecule has 1 amide bonds. The molecule has 45 heavy (non-hydrogen) atoms. The fourth-order valence-electron chi connectivity index (χ4n) is 5.98. The second kappa shape index (κ2) is 11.1. The number of alkyl halides is 5. The first-order valence-corrected chi connectivity index (χ1v) is 14.0. The number of hydrogen-bond acceptors (Lipinski definition) is 8. The van der Waals surface area contributed by atoms with Gasteiger partial charge in [0.15, 0.2) is 22.8 Å². The molecule has 2 aliphatic rings. The van der Waals surface area contributed by atoms with E-state index in [4.69, 9.17) is 9.47 Å². The van der Waals surface area contributed by atoms with Crippen LogP contribution in [0.15, 0.2) is 48.7 Å². The van der Waals surface area contributed by atoms with Gasteiger partial charge in [0.25, 0.3) is 5.91 Å². The van der Waals surface area contributed by atoms with Gasteiger partial charge in [-0.15, -0.1) is 8.78 Å². The molecule has 2 aliphatic heterocycles. The summed E-state index contributed by atoms with van der Waals surface area (Å²) in [6.07, 6.45) is -7.55. The summed E-state index contributed by atoms with van der Waals surface area (Å²) in [7, 11) is 1.47. The summed E-state index contributed by atoms with van der Waals surface area (Å²) in [6, 6.07) is 9.54. The van der Waals surface area contributed by atoms with Crippen molar-refractivity contribution in [3.63, 3.8) is 0 Å². The molecule has 1 N–H and O–H groups in total. The highest BCUT2D eigenvalue weighted by molar-refractivity contribution is 6.00. The van der Waals surface area contributed by atoms with Crippen molar-refractivity contribution in [2.45, 2.75) is 38.4 Å². The van der Waals surface area contributed by atoms with Crippen LogP contribution in [0.3, 0.4) is 0 Å². The highest BCUT2D eigenvalue weighted by Gasteiger charge is 2.46. The molecular weight excluding hydrogens is 605 g/mol. The Labute approximate surface area is 253 Å². The maximum atomic E-state index is 14.3. The van der Waals surface area contributed by atoms with Crippen molar-refractivity contribution in [2.24, 2.45) is 0 Å². The molecule has 4 aromatic rings. The lowest BCUT2D eigenvalue weighted by Gasteiger charge is -2.43. The van der Waals surface area contributed by atoms with E-state index in [1.165, 1.54) is 31.1 Å². The van der Waals surface area contributed by atoms with Crippen LogP contribution in [0, 0.1) is 6.92 Å². The van der Waals surface area contributed by atoms with E-state index >= 15 is 0 Å². The Morgan fingerprint density at radius 2 is 1.89 bits per heavy atom. The lowest BCUT2D eigenvalue weighted by molar-refractivity contribution is -0.287. The zero-order valence-corrected chi connectivity index (χ0v) is 24.3. The first kappa shape index (κ1) is 30.5. The number of aliphatic hydroxyl groups is 1. The number of carbonyl (C=O) groups is 1. The number of methoxy groups -OCH3 is 1. The second-order valence-electron chi connectivity index (χ2n) is 10.8. The number of benzene rings is 2. The molecule has 2 aromatic carbocycles. The Hall–Kier alpha value is -4.50. The van der Waals surface area contributed by atoms with Crippen molar-refractivity contribution in [2.75, 3.05) is 33.4 Å². The predicted octanol–water partition coefficient (Wildman–Crippen LogP) is 4.93. The predicted molar refractivity (Wildman–Crippen MR) is 149 cm³/mol. The average molecular weight is 634 g/mol. The molecule has 6 rings (SSSR count). The van der Waals surface area contributed by atoms with E-state index < -0.39 is 42.8 Å². The van der Waals surface area contributed by atoms with Crippen molar-refractivity contribution in [1.29, 1.82) is 0 Å². The first-order valence-electron chi connectivity index (χ1n) is 14.0. The van der Waals surface area contributed by atoms with Crippen LogP contribution >= 0.6 is 0 Å². The van der Waals surface area contributed by atoms with Crippen LogP contribution < -0.4 is 14.2 Å². The molecule has 0 spiro atoms. The molecule has 0 radical (unpaired) electrons. The molecule has 1 saturated heterocycles. The van der Waals surface area contributed by atoms with Crippen LogP contribution in [0.5, 0.6) is 17.2 Å². The number of halogens is 5. The van der Waals surface area contributed by atoms with E-state index in [2.05, 4.69) is 14.8 Å². The lowest BCUT2D eigenvalue weighted by atomic mass is 10.0. The van der Waals surface area contributed by atoms with Gasteiger partial charge in [-0.25, -0.2) is 9.50 Å². The number of fused-ring (bicyclic) bond motifs is 2. The van der Waals surface area contributed by atoms with E-state index in [0.717, 1.165) is 6.20 Å². The highest BCUT2D eigenvalue weighted by Crippen LogP contribution is 2.46. The SMILES string of the molecule is COc1ccc(-c2nc3c(C(=O)N4CCN([C@H](CO)c5cccc6c5OC(F)(F)O6)C[C@H]4C)cnn3c(C(F)(F)F)c2C)cc1. The molecule has 0 bridgehead atoms. The maximum Gasteiger partial charge on any atom is 0.586 e. The smallest absolute Gasteiger partial charge is 0.497 e. The van der Waals surface area contributed by atoms with Gasteiger partial charge in [-0.2, -0.15) is 18.3 Å². The first-order chi connectivity index (χ1) is 21.3. The average Bonchev–Trinajstić information content (AvgIpc) is 3.55. The van der Waals surface area contributed by atoms with Gasteiger partial charge in [-0.3, -0.25) is 9.69 Å². The number of aliphatic hydroxyl groups excluding tert-OH is 1. The number of nitrogens with zero attached hydrogens (tertiary/aromatic N) is 5. The standard InChI is InChI=1S/C30H28F5N5O5/c1-16-14-38(22(15-41)20-5-4-6-23-25(20)45-30(34,35)44-23)11-12-39(16)28(42)21-13-36-40-26(29(31,32)33)17(2)24(37-27(21)40)18-7-9-19(43-3)10-8-18/h4-10,13,16,22,41H,11-12,14-15H2,1-3H3/t16-,22-/m1/s1. The second-order valence-corrected chi connectivity index (χ2v) is 10.8. The van der Waals surface area contributed by atoms with Crippen molar-refractivity contribution in [1.82, 2.24) is 24.4 Å². The van der Waals surface area contributed by atoms with E-state index in [-0.39, 0.29) is 53.6 Å². The van der Waals surface area contributed by atoms with E-state index in [9.17, 15) is 31.9 Å². The molecule has 10 nitrogen and oxygen atoms in total. The van der Waals surface area contributed by atoms with Crippen LogP contribution in [0.2, 0.25) is 0 Å². The van der Waals surface area contributed by atoms with Gasteiger partial charge in [0.05, 0.1) is 31.6 Å². The van der Waals surface area contributed by atoms with Crippen LogP contribution in [-0.2, 0) is 6.18 Å². The third-order valence-electron chi connectivity index (χ3n) is 8.10. The largest absolute Gasteiger partial charge is 0.586 e. The number of hydrogen-bond donors (Lipinski definition) is 1. The quantitative estimate of drug-likeness (QED) is 0.299. The van der Waals surface area contributed by atoms with Crippen LogP contribution in [0.25, 0.3) is 16.9 Å². The van der Waals surface area contributed by atoms with Gasteiger partial charge < -0.3 is 24.2 Å². The Morgan fingerprint density at radius 3 is 2.53 bits per heavy atom. The molecule has 2 atom stereocenters. The van der Waals surface area contributed by atoms with E-state index in [0.29, 0.717) is 21.4 Å². The molecular formula is C30H28F5N5O5. The molecule has 0 saturated carbocycles. The summed E-state index contributed by atoms with van der Waals surface area (Å²) in [4.78, 5) is 21.7. The van der Waals surface area contributed by atoms with Crippen LogP contribution in [-0.4, -0.2) is 81.1 Å². The monoisotopic (exact) mass is 633 g/mol. The molecule has 0 aliphatic carbocycles. The third-order valence-corrected chi connectivity index (χ3v) is 8.10. The topological polar surface area (TPSA) is 102 Å². The molecule has 238 valence electrons. The third kappa shape index (κ3) is 5.39. The number of piperazine rings is 1. The fourth-order valence-corrected chi connectivity index (χ4v) is 5.98. The van der Waals surface area contributed by atoms with Gasteiger partial charge >= 0.3 is 12.5 Å². The summed E-state index contributed by atoms with van der Waals surface area (Å²) in [5.74, 6) is -0.380. The van der Waals surface area contributed by atoms with Gasteiger partial charge in [0, 0.05) is 42.4 Å². The summed E-state index contributed by atoms with van der Waals surface area (Å²) in [6.45, 7) is 3.18. The van der Waals surface area contributed by atoms with E-state index in [1.807, 2.05) is 4.90 Å². The minimum Gasteiger partial charge on any atom is -0.497 e. The zero-order valence-electron chi connectivity index (χ0n) is 24.3. The Kier molecular flexibility index (Phi) is 7.56. The van der Waals surface area contributed by atoms with Gasteiger partial charge in [-0.05, 0) is 44.2 Å². The Balaban J connectivity index is 1.31. The van der Waals surface area contributed by atoms with Crippen LogP contribution in [0.4, 0.5) is 22.0 Å². The fraction of sp³-hybridized carbons (Fsp3) is 0.367. The van der Waals surface area contributed by atoms with Gasteiger partial charge in [-0.1, -0.05) is 12.1 Å². The number of ether oxygens (including phenoxy) is 3. The minimum atomic E-state index is -4.80. The summed E-state index contributed by atoms with van der Waals surface area (Å²) < 4.78 is 85.7. The highest BCUT2D eigenvalue weighted by atomic mass is 19.4. The summed E-state index contributed by atoms with van der Waals surface area (Å²) in [5, 5.41) is 14.2. The summed E-state index contributed by atoms with van der Waals surface area (Å²) in [5.41, 5.74) is -0.813. The number of para-hydroxylation sites is 1. The van der Waals surface area contributed by atoms with Crippen molar-refractivity contribution in [3.05, 3.63) is 71.0 Å². The lowest BCUT2D eigenvalue weighted by Crippen LogP contribution is -2.55. The van der Waals surface area contributed by atoms with Gasteiger partial charge in [0.2, 0.25) is 0 Å². The van der Waals surface area contributed by atoms with Crippen molar-refractivity contribution in [3.8, 4) is 28.5 Å². The van der Waals surface area contributed by atoms with Gasteiger partial charge in [0.1, 0.15) is 11.3 Å². The maximum absolute atomic E-state index is 14.3. The van der Waals surface area contributed by atoms with Crippen molar-refractivity contribution < 1.29 is 46.1 Å². The normalized spacial score (nSPS) is 18.8. The molecule has 1 fully saturated rings. The molecule has 2 aromatic heterocycles. The van der Waals surface area contributed by atoms with Crippen molar-refractivity contribution >= 4 is 11.6 Å². The zero-order chi connectivity index (χ0) is 32.3. The van der Waals surface area contributed by atoms with E-state index in [1.54, 1.807) is 37.3 Å². The molecule has 4 heterocycles. The number of carbonyl (C=O) groups excluding carboxylic acids is 1. The summed E-state index contributed by atoms with van der Waals surface area (Å²) >= 11 is 0. The Morgan fingerprint density at radius 1 is 1.16 bits per heavy atom. The molecule has 0 unspecified atom stereocenters. The number of aromatic nitrogens is 3. The minimum absolute atomic E-state index is 0.0443.